The van der Waals surface area contributed by atoms with Gasteiger partial charge >= 0.3 is 5.97 Å². The predicted octanol–water partition coefficient (Wildman–Crippen LogP) is 4.00. The van der Waals surface area contributed by atoms with Crippen molar-refractivity contribution < 1.29 is 19.1 Å². The zero-order valence-electron chi connectivity index (χ0n) is 12.9. The number of ether oxygens (including phenoxy) is 2. The van der Waals surface area contributed by atoms with E-state index in [9.17, 15) is 4.79 Å². The standard InChI is InChI=1S/C16H22N2O4/c1-3-16(19)22-13-7-5-4-6-12-21-15-10-8-14(9-11-15)17-18-20-2/h3,8-11H,1,4-7,12-13H2,2H3. The smallest absolute Gasteiger partial charge is 0.330 e. The van der Waals surface area contributed by atoms with Crippen molar-refractivity contribution in [3.8, 4) is 5.75 Å². The summed E-state index contributed by atoms with van der Waals surface area (Å²) in [5.74, 6) is 0.438. The van der Waals surface area contributed by atoms with E-state index in [0.717, 1.165) is 31.4 Å². The van der Waals surface area contributed by atoms with Gasteiger partial charge in [0.1, 0.15) is 12.9 Å². The number of carbonyl (C=O) groups excluding carboxylic acids is 1. The van der Waals surface area contributed by atoms with Crippen molar-refractivity contribution in [2.45, 2.75) is 25.7 Å². The number of hydrogen-bond acceptors (Lipinski definition) is 6. The average Bonchev–Trinajstić information content (AvgIpc) is 2.56. The Bertz CT molecular complexity index is 472. The van der Waals surface area contributed by atoms with Gasteiger partial charge in [-0.25, -0.2) is 4.79 Å². The normalized spacial score (nSPS) is 10.4. The molecule has 0 aliphatic carbocycles. The summed E-state index contributed by atoms with van der Waals surface area (Å²) in [4.78, 5) is 15.3. The van der Waals surface area contributed by atoms with Crippen LogP contribution >= 0.6 is 0 Å². The summed E-state index contributed by atoms with van der Waals surface area (Å²) in [7, 11) is 1.45. The third-order valence-electron chi connectivity index (χ3n) is 2.79. The zero-order chi connectivity index (χ0) is 16.0. The molecule has 0 aliphatic rings. The summed E-state index contributed by atoms with van der Waals surface area (Å²) in [6.45, 7) is 4.45. The van der Waals surface area contributed by atoms with E-state index >= 15 is 0 Å². The summed E-state index contributed by atoms with van der Waals surface area (Å²) in [5.41, 5.74) is 0.711. The van der Waals surface area contributed by atoms with Gasteiger partial charge in [0, 0.05) is 11.4 Å². The molecule has 0 aromatic heterocycles. The summed E-state index contributed by atoms with van der Waals surface area (Å²) in [6.07, 6.45) is 5.03. The highest BCUT2D eigenvalue weighted by Gasteiger charge is 1.97. The largest absolute Gasteiger partial charge is 0.494 e. The Morgan fingerprint density at radius 1 is 1.14 bits per heavy atom. The maximum absolute atomic E-state index is 10.8. The van der Waals surface area contributed by atoms with Gasteiger partial charge in [0.05, 0.1) is 18.9 Å². The Labute approximate surface area is 130 Å². The van der Waals surface area contributed by atoms with Gasteiger partial charge in [-0.2, -0.15) is 0 Å². The van der Waals surface area contributed by atoms with Gasteiger partial charge in [-0.15, -0.1) is 5.11 Å². The number of benzene rings is 1. The fourth-order valence-electron chi connectivity index (χ4n) is 1.68. The van der Waals surface area contributed by atoms with Gasteiger partial charge in [-0.1, -0.05) is 6.58 Å². The molecule has 0 radical (unpaired) electrons. The third kappa shape index (κ3) is 8.04. The first-order valence-corrected chi connectivity index (χ1v) is 7.22. The van der Waals surface area contributed by atoms with E-state index in [1.54, 1.807) is 0 Å². The molecule has 1 aromatic carbocycles. The lowest BCUT2D eigenvalue weighted by Crippen LogP contribution is -2.02. The van der Waals surface area contributed by atoms with E-state index in [1.165, 1.54) is 13.2 Å². The maximum Gasteiger partial charge on any atom is 0.330 e. The van der Waals surface area contributed by atoms with E-state index in [0.29, 0.717) is 18.9 Å². The van der Waals surface area contributed by atoms with E-state index < -0.39 is 0 Å². The number of unbranched alkanes of at least 4 members (excludes halogenated alkanes) is 3. The molecule has 0 spiro atoms. The topological polar surface area (TPSA) is 69.5 Å². The summed E-state index contributed by atoms with van der Waals surface area (Å²) >= 11 is 0. The van der Waals surface area contributed by atoms with Crippen LogP contribution in [0.2, 0.25) is 0 Å². The molecular formula is C16H22N2O4. The number of rotatable bonds is 11. The monoisotopic (exact) mass is 306 g/mol. The van der Waals surface area contributed by atoms with Crippen molar-refractivity contribution in [3.05, 3.63) is 36.9 Å². The minimum absolute atomic E-state index is 0.364. The van der Waals surface area contributed by atoms with Crippen molar-refractivity contribution in [1.82, 2.24) is 0 Å². The Morgan fingerprint density at radius 2 is 1.82 bits per heavy atom. The van der Waals surface area contributed by atoms with Crippen LogP contribution in [-0.2, 0) is 14.4 Å². The first-order valence-electron chi connectivity index (χ1n) is 7.22. The second-order valence-corrected chi connectivity index (χ2v) is 4.49. The van der Waals surface area contributed by atoms with E-state index in [2.05, 4.69) is 21.8 Å². The van der Waals surface area contributed by atoms with Gasteiger partial charge in [0.25, 0.3) is 0 Å². The van der Waals surface area contributed by atoms with Crippen LogP contribution in [0.25, 0.3) is 0 Å². The van der Waals surface area contributed by atoms with E-state index in [4.69, 9.17) is 9.47 Å². The molecule has 0 amide bonds. The Kier molecular flexibility index (Phi) is 9.09. The lowest BCUT2D eigenvalue weighted by Gasteiger charge is -2.06. The molecule has 0 saturated carbocycles. The first kappa shape index (κ1) is 17.7. The highest BCUT2D eigenvalue weighted by Crippen LogP contribution is 2.18. The fourth-order valence-corrected chi connectivity index (χ4v) is 1.68. The number of esters is 1. The van der Waals surface area contributed by atoms with Crippen molar-refractivity contribution in [3.63, 3.8) is 0 Å². The second kappa shape index (κ2) is 11.3. The van der Waals surface area contributed by atoms with E-state index in [-0.39, 0.29) is 5.97 Å². The molecular weight excluding hydrogens is 284 g/mol. The molecule has 0 N–H and O–H groups in total. The Balaban J connectivity index is 2.06. The molecule has 1 rings (SSSR count). The van der Waals surface area contributed by atoms with Crippen LogP contribution in [0.1, 0.15) is 25.7 Å². The molecule has 1 aromatic rings. The molecule has 6 nitrogen and oxygen atoms in total. The van der Waals surface area contributed by atoms with E-state index in [1.807, 2.05) is 24.3 Å². The second-order valence-electron chi connectivity index (χ2n) is 4.49. The van der Waals surface area contributed by atoms with Gasteiger partial charge < -0.3 is 14.3 Å². The minimum Gasteiger partial charge on any atom is -0.494 e. The molecule has 22 heavy (non-hydrogen) atoms. The maximum atomic E-state index is 10.8. The van der Waals surface area contributed by atoms with Crippen molar-refractivity contribution in [2.75, 3.05) is 20.3 Å². The molecule has 0 atom stereocenters. The van der Waals surface area contributed by atoms with Crippen LogP contribution in [-0.4, -0.2) is 26.3 Å². The average molecular weight is 306 g/mol. The molecule has 0 aliphatic heterocycles. The van der Waals surface area contributed by atoms with Gasteiger partial charge in [0.2, 0.25) is 0 Å². The van der Waals surface area contributed by atoms with Crippen LogP contribution < -0.4 is 4.74 Å². The van der Waals surface area contributed by atoms with Gasteiger partial charge in [-0.05, 0) is 49.9 Å². The quantitative estimate of drug-likeness (QED) is 0.204. The summed E-state index contributed by atoms with van der Waals surface area (Å²) < 4.78 is 10.5. The van der Waals surface area contributed by atoms with Crippen molar-refractivity contribution in [2.24, 2.45) is 10.4 Å². The highest BCUT2D eigenvalue weighted by molar-refractivity contribution is 5.81. The number of carbonyl (C=O) groups is 1. The Hall–Kier alpha value is -2.37. The minimum atomic E-state index is -0.364. The fraction of sp³-hybridized carbons (Fsp3) is 0.438. The van der Waals surface area contributed by atoms with Crippen LogP contribution in [0.3, 0.4) is 0 Å². The molecule has 6 heteroatoms. The lowest BCUT2D eigenvalue weighted by atomic mass is 10.2. The molecule has 120 valence electrons. The van der Waals surface area contributed by atoms with Crippen LogP contribution in [0, 0.1) is 0 Å². The van der Waals surface area contributed by atoms with Crippen LogP contribution in [0.15, 0.2) is 47.3 Å². The molecule has 0 bridgehead atoms. The molecule has 0 heterocycles. The van der Waals surface area contributed by atoms with Crippen molar-refractivity contribution >= 4 is 11.7 Å². The summed E-state index contributed by atoms with van der Waals surface area (Å²) in [5, 5.41) is 7.27. The molecule has 0 fully saturated rings. The van der Waals surface area contributed by atoms with Crippen LogP contribution in [0.4, 0.5) is 5.69 Å². The predicted molar refractivity (Wildman–Crippen MR) is 83.1 cm³/mol. The zero-order valence-corrected chi connectivity index (χ0v) is 12.9. The number of nitrogens with zero attached hydrogens (tertiary/aromatic N) is 2. The third-order valence-corrected chi connectivity index (χ3v) is 2.79. The van der Waals surface area contributed by atoms with Gasteiger partial charge in [-0.3, -0.25) is 0 Å². The first-order chi connectivity index (χ1) is 10.8. The summed E-state index contributed by atoms with van der Waals surface area (Å²) in [6, 6.07) is 7.31. The van der Waals surface area contributed by atoms with Crippen molar-refractivity contribution in [1.29, 1.82) is 0 Å². The lowest BCUT2D eigenvalue weighted by molar-refractivity contribution is -0.137. The molecule has 0 unspecified atom stereocenters. The SMILES string of the molecule is C=CC(=O)OCCCCCCOc1ccc(N=NOC)cc1. The molecule has 0 saturated heterocycles. The Morgan fingerprint density at radius 3 is 2.45 bits per heavy atom. The highest BCUT2D eigenvalue weighted by atomic mass is 16.6. The van der Waals surface area contributed by atoms with Crippen LogP contribution in [0.5, 0.6) is 5.75 Å². The number of hydrogen-bond donors (Lipinski definition) is 0. The van der Waals surface area contributed by atoms with Gasteiger partial charge in [0.15, 0.2) is 0 Å².